The van der Waals surface area contributed by atoms with Crippen molar-refractivity contribution in [2.45, 2.75) is 43.8 Å². The van der Waals surface area contributed by atoms with Crippen LogP contribution < -0.4 is 5.32 Å². The van der Waals surface area contributed by atoms with Gasteiger partial charge in [0.25, 0.3) is 0 Å². The van der Waals surface area contributed by atoms with Crippen molar-refractivity contribution in [2.24, 2.45) is 0 Å². The van der Waals surface area contributed by atoms with Crippen molar-refractivity contribution < 1.29 is 18.4 Å². The van der Waals surface area contributed by atoms with Crippen LogP contribution in [0.1, 0.15) is 58.4 Å². The SMILES string of the molecule is CC(c1ccc(CC(=O)Nc2ccc3c(n2)CCC(C)(c2ccc(Cl)nn2)C3=O)cc1)S(=O)O. The summed E-state index contributed by atoms with van der Waals surface area (Å²) in [5, 5.41) is 10.5. The first-order chi connectivity index (χ1) is 16.2. The third-order valence-electron chi connectivity index (χ3n) is 6.16. The number of nitrogens with one attached hydrogen (secondary N) is 1. The zero-order valence-electron chi connectivity index (χ0n) is 18.6. The number of Topliss-reactive ketones (excluding diaryl/α,β-unsaturated/α-hetero) is 1. The van der Waals surface area contributed by atoms with Crippen LogP contribution in [0.15, 0.2) is 48.5 Å². The Morgan fingerprint density at radius 1 is 1.18 bits per heavy atom. The van der Waals surface area contributed by atoms with E-state index in [0.29, 0.717) is 35.6 Å². The summed E-state index contributed by atoms with van der Waals surface area (Å²) in [5.74, 6) is 0.0450. The number of halogens is 1. The number of aryl methyl sites for hydroxylation is 1. The molecule has 0 saturated carbocycles. The Bertz CT molecular complexity index is 1270. The number of hydrogen-bond acceptors (Lipinski definition) is 6. The monoisotopic (exact) mass is 498 g/mol. The van der Waals surface area contributed by atoms with Crippen LogP contribution in [-0.2, 0) is 34.1 Å². The average Bonchev–Trinajstić information content (AvgIpc) is 2.82. The Morgan fingerprint density at radius 3 is 2.56 bits per heavy atom. The van der Waals surface area contributed by atoms with Gasteiger partial charge in [-0.1, -0.05) is 35.9 Å². The Balaban J connectivity index is 1.44. The number of benzene rings is 1. The Labute approximate surface area is 204 Å². The summed E-state index contributed by atoms with van der Waals surface area (Å²) in [5.41, 5.74) is 2.39. The van der Waals surface area contributed by atoms with E-state index in [0.717, 1.165) is 11.1 Å². The first-order valence-electron chi connectivity index (χ1n) is 10.7. The third-order valence-corrected chi connectivity index (χ3v) is 7.24. The summed E-state index contributed by atoms with van der Waals surface area (Å²) >= 11 is 3.88. The molecule has 0 fully saturated rings. The molecule has 0 bridgehead atoms. The number of anilines is 1. The van der Waals surface area contributed by atoms with Crippen LogP contribution in [0.5, 0.6) is 0 Å². The number of amides is 1. The second-order valence-electron chi connectivity index (χ2n) is 8.48. The van der Waals surface area contributed by atoms with Crippen molar-refractivity contribution in [3.8, 4) is 0 Å². The zero-order chi connectivity index (χ0) is 24.5. The van der Waals surface area contributed by atoms with Crippen LogP contribution in [0.2, 0.25) is 5.15 Å². The third kappa shape index (κ3) is 4.91. The summed E-state index contributed by atoms with van der Waals surface area (Å²) in [4.78, 5) is 30.3. The first kappa shape index (κ1) is 24.1. The molecule has 0 radical (unpaired) electrons. The number of hydrogen-bond donors (Lipinski definition) is 2. The highest BCUT2D eigenvalue weighted by atomic mass is 35.5. The Kier molecular flexibility index (Phi) is 6.88. The number of carbonyl (C=O) groups is 2. The predicted molar refractivity (Wildman–Crippen MR) is 129 cm³/mol. The van der Waals surface area contributed by atoms with E-state index in [1.807, 2.05) is 6.92 Å². The van der Waals surface area contributed by atoms with Gasteiger partial charge in [0.2, 0.25) is 5.91 Å². The summed E-state index contributed by atoms with van der Waals surface area (Å²) in [6.45, 7) is 3.51. The van der Waals surface area contributed by atoms with E-state index in [1.54, 1.807) is 55.5 Å². The number of fused-ring (bicyclic) bond motifs is 1. The molecule has 2 N–H and O–H groups in total. The van der Waals surface area contributed by atoms with Gasteiger partial charge in [-0.2, -0.15) is 5.10 Å². The number of ketones is 1. The summed E-state index contributed by atoms with van der Waals surface area (Å²) in [7, 11) is 0. The molecule has 34 heavy (non-hydrogen) atoms. The van der Waals surface area contributed by atoms with Crippen LogP contribution in [0, 0.1) is 0 Å². The number of carbonyl (C=O) groups excluding carboxylic acids is 2. The molecule has 8 nitrogen and oxygen atoms in total. The fourth-order valence-electron chi connectivity index (χ4n) is 4.00. The van der Waals surface area contributed by atoms with Gasteiger partial charge in [0.05, 0.1) is 28.5 Å². The minimum Gasteiger partial charge on any atom is -0.310 e. The van der Waals surface area contributed by atoms with Crippen molar-refractivity contribution in [1.29, 1.82) is 0 Å². The molecule has 176 valence electrons. The van der Waals surface area contributed by atoms with Crippen LogP contribution >= 0.6 is 11.6 Å². The van der Waals surface area contributed by atoms with E-state index in [9.17, 15) is 18.4 Å². The topological polar surface area (TPSA) is 122 Å². The summed E-state index contributed by atoms with van der Waals surface area (Å²) in [6, 6.07) is 13.7. The van der Waals surface area contributed by atoms with Crippen molar-refractivity contribution in [3.63, 3.8) is 0 Å². The van der Waals surface area contributed by atoms with Gasteiger partial charge in [-0.3, -0.25) is 9.59 Å². The van der Waals surface area contributed by atoms with Crippen LogP contribution in [-0.4, -0.2) is 35.6 Å². The molecule has 2 aromatic heterocycles. The second-order valence-corrected chi connectivity index (χ2v) is 10.1. The molecule has 0 aliphatic heterocycles. The predicted octanol–water partition coefficient (Wildman–Crippen LogP) is 4.08. The van der Waals surface area contributed by atoms with E-state index in [-0.39, 0.29) is 23.3 Å². The lowest BCUT2D eigenvalue weighted by Gasteiger charge is -2.32. The number of pyridine rings is 1. The van der Waals surface area contributed by atoms with E-state index in [4.69, 9.17) is 11.6 Å². The van der Waals surface area contributed by atoms with Crippen molar-refractivity contribution in [1.82, 2.24) is 15.2 Å². The average molecular weight is 499 g/mol. The summed E-state index contributed by atoms with van der Waals surface area (Å²) in [6.07, 6.45) is 1.20. The molecule has 0 spiro atoms. The Morgan fingerprint density at radius 2 is 1.91 bits per heavy atom. The maximum absolute atomic E-state index is 13.3. The fraction of sp³-hybridized carbons (Fsp3) is 0.292. The molecule has 4 rings (SSSR count). The molecule has 1 aliphatic rings. The fourth-order valence-corrected chi connectivity index (χ4v) is 4.49. The lowest BCUT2D eigenvalue weighted by Crippen LogP contribution is -2.38. The van der Waals surface area contributed by atoms with Crippen LogP contribution in [0.4, 0.5) is 5.82 Å². The summed E-state index contributed by atoms with van der Waals surface area (Å²) < 4.78 is 20.4. The van der Waals surface area contributed by atoms with Crippen LogP contribution in [0.25, 0.3) is 0 Å². The first-order valence-corrected chi connectivity index (χ1v) is 12.2. The van der Waals surface area contributed by atoms with Crippen LogP contribution in [0.3, 0.4) is 0 Å². The molecular weight excluding hydrogens is 476 g/mol. The van der Waals surface area contributed by atoms with Gasteiger partial charge in [-0.15, -0.1) is 5.10 Å². The molecule has 2 heterocycles. The maximum atomic E-state index is 13.3. The van der Waals surface area contributed by atoms with E-state index >= 15 is 0 Å². The van der Waals surface area contributed by atoms with Gasteiger partial charge in [0, 0.05) is 5.56 Å². The van der Waals surface area contributed by atoms with Crippen molar-refractivity contribution >= 4 is 40.2 Å². The van der Waals surface area contributed by atoms with Gasteiger partial charge in [0.15, 0.2) is 22.0 Å². The highest BCUT2D eigenvalue weighted by Crippen LogP contribution is 2.37. The highest BCUT2D eigenvalue weighted by Gasteiger charge is 2.42. The van der Waals surface area contributed by atoms with E-state index in [2.05, 4.69) is 20.5 Å². The lowest BCUT2D eigenvalue weighted by atomic mass is 9.71. The number of nitrogens with zero attached hydrogens (tertiary/aromatic N) is 3. The smallest absolute Gasteiger partial charge is 0.229 e. The van der Waals surface area contributed by atoms with Gasteiger partial charge in [-0.05, 0) is 62.1 Å². The van der Waals surface area contributed by atoms with Gasteiger partial charge in [0.1, 0.15) is 5.82 Å². The van der Waals surface area contributed by atoms with Crippen molar-refractivity contribution in [3.05, 3.63) is 81.8 Å². The number of rotatable bonds is 6. The standard InChI is InChI=1S/C24H23ClN4O4S/c1-14(34(32)33)16-5-3-15(4-6-16)13-22(30)27-21-10-7-17-18(26-21)11-12-24(2,23(17)31)19-8-9-20(25)29-28-19/h3-10,14H,11-13H2,1-2H3,(H,32,33)(H,26,27,30). The molecule has 3 unspecified atom stereocenters. The minimum absolute atomic E-state index is 0.0890. The van der Waals surface area contributed by atoms with Crippen molar-refractivity contribution in [2.75, 3.05) is 5.32 Å². The molecule has 1 aliphatic carbocycles. The molecule has 1 amide bonds. The molecule has 3 aromatic rings. The molecule has 10 heteroatoms. The van der Waals surface area contributed by atoms with Gasteiger partial charge >= 0.3 is 0 Å². The molecule has 3 atom stereocenters. The minimum atomic E-state index is -1.95. The second kappa shape index (κ2) is 9.69. The zero-order valence-corrected chi connectivity index (χ0v) is 20.2. The van der Waals surface area contributed by atoms with Gasteiger partial charge < -0.3 is 9.87 Å². The van der Waals surface area contributed by atoms with Gasteiger partial charge in [-0.25, -0.2) is 9.19 Å². The molecular formula is C24H23ClN4O4S. The molecule has 1 aromatic carbocycles. The quantitative estimate of drug-likeness (QED) is 0.491. The lowest BCUT2D eigenvalue weighted by molar-refractivity contribution is -0.115. The highest BCUT2D eigenvalue weighted by molar-refractivity contribution is 7.79. The van der Waals surface area contributed by atoms with E-state index in [1.165, 1.54) is 0 Å². The normalized spacial score (nSPS) is 19.2. The molecule has 0 saturated heterocycles. The van der Waals surface area contributed by atoms with E-state index < -0.39 is 21.7 Å². The maximum Gasteiger partial charge on any atom is 0.229 e. The number of aromatic nitrogens is 3. The largest absolute Gasteiger partial charge is 0.310 e. The Hall–Kier alpha value is -3.01.